The van der Waals surface area contributed by atoms with Crippen LogP contribution in [0.1, 0.15) is 12.8 Å². The van der Waals surface area contributed by atoms with Gasteiger partial charge in [-0.2, -0.15) is 0 Å². The maximum atomic E-state index is 5.75. The highest BCUT2D eigenvalue weighted by atomic mass is 15.3. The predicted molar refractivity (Wildman–Crippen MR) is 54.6 cm³/mol. The van der Waals surface area contributed by atoms with Gasteiger partial charge in [0.05, 0.1) is 0 Å². The summed E-state index contributed by atoms with van der Waals surface area (Å²) >= 11 is 0. The van der Waals surface area contributed by atoms with E-state index in [1.807, 2.05) is 0 Å². The molecule has 2 N–H and O–H groups in total. The Hall–Kier alpha value is -0.120. The van der Waals surface area contributed by atoms with Gasteiger partial charge in [-0.15, -0.1) is 0 Å². The van der Waals surface area contributed by atoms with Gasteiger partial charge in [0.2, 0.25) is 0 Å². The molecule has 0 radical (unpaired) electrons. The third-order valence-corrected chi connectivity index (χ3v) is 3.46. The van der Waals surface area contributed by atoms with Gasteiger partial charge in [0.15, 0.2) is 0 Å². The summed E-state index contributed by atoms with van der Waals surface area (Å²) in [5, 5.41) is 0. The molecule has 3 heteroatoms. The Kier molecular flexibility index (Phi) is 2.58. The van der Waals surface area contributed by atoms with E-state index in [1.165, 1.54) is 32.5 Å². The first-order chi connectivity index (χ1) is 6.15. The zero-order chi connectivity index (χ0) is 9.42. The molecule has 76 valence electrons. The van der Waals surface area contributed by atoms with Crippen molar-refractivity contribution in [3.05, 3.63) is 0 Å². The van der Waals surface area contributed by atoms with E-state index < -0.39 is 0 Å². The Bertz CT molecular complexity index is 169. The molecule has 0 aromatic carbocycles. The second-order valence-corrected chi connectivity index (χ2v) is 4.93. The summed E-state index contributed by atoms with van der Waals surface area (Å²) in [6, 6.07) is 1.31. The largest absolute Gasteiger partial charge is 0.328 e. The fourth-order valence-corrected chi connectivity index (χ4v) is 2.32. The van der Waals surface area contributed by atoms with Crippen LogP contribution in [0.5, 0.6) is 0 Å². The number of likely N-dealkylation sites (tertiary alicyclic amines) is 1. The van der Waals surface area contributed by atoms with Crippen molar-refractivity contribution in [1.82, 2.24) is 9.80 Å². The van der Waals surface area contributed by atoms with E-state index in [2.05, 4.69) is 23.9 Å². The number of nitrogens with zero attached hydrogens (tertiary/aromatic N) is 2. The molecular weight excluding hydrogens is 162 g/mol. The van der Waals surface area contributed by atoms with Crippen LogP contribution in [-0.2, 0) is 0 Å². The molecule has 3 nitrogen and oxygen atoms in total. The summed E-state index contributed by atoms with van der Waals surface area (Å²) in [6.07, 6.45) is 2.51. The minimum atomic E-state index is 0.510. The van der Waals surface area contributed by atoms with Crippen LogP contribution in [0.2, 0.25) is 0 Å². The topological polar surface area (TPSA) is 32.5 Å². The van der Waals surface area contributed by atoms with Gasteiger partial charge in [-0.25, -0.2) is 0 Å². The highest BCUT2D eigenvalue weighted by Crippen LogP contribution is 2.28. The average molecular weight is 183 g/mol. The zero-order valence-corrected chi connectivity index (χ0v) is 8.74. The number of nitrogens with two attached hydrogens (primary N) is 1. The Morgan fingerprint density at radius 1 is 1.31 bits per heavy atom. The number of rotatable bonds is 3. The van der Waals surface area contributed by atoms with Gasteiger partial charge < -0.3 is 10.6 Å². The van der Waals surface area contributed by atoms with Gasteiger partial charge >= 0.3 is 0 Å². The van der Waals surface area contributed by atoms with Gasteiger partial charge in [0, 0.05) is 31.7 Å². The quantitative estimate of drug-likeness (QED) is 0.667. The first-order valence-corrected chi connectivity index (χ1v) is 5.29. The lowest BCUT2D eigenvalue weighted by atomic mass is 9.80. The van der Waals surface area contributed by atoms with E-state index in [-0.39, 0.29) is 0 Å². The second kappa shape index (κ2) is 3.56. The van der Waals surface area contributed by atoms with Crippen molar-refractivity contribution in [3.63, 3.8) is 0 Å². The third-order valence-electron chi connectivity index (χ3n) is 3.46. The van der Waals surface area contributed by atoms with Crippen LogP contribution in [0, 0.1) is 5.92 Å². The van der Waals surface area contributed by atoms with Crippen LogP contribution in [0.25, 0.3) is 0 Å². The lowest BCUT2D eigenvalue weighted by molar-refractivity contribution is 0.0347. The Morgan fingerprint density at radius 2 is 1.92 bits per heavy atom. The van der Waals surface area contributed by atoms with Crippen LogP contribution < -0.4 is 5.73 Å². The minimum absolute atomic E-state index is 0.510. The summed E-state index contributed by atoms with van der Waals surface area (Å²) in [5.41, 5.74) is 5.75. The molecule has 1 saturated carbocycles. The van der Waals surface area contributed by atoms with Crippen molar-refractivity contribution in [2.24, 2.45) is 11.7 Å². The maximum absolute atomic E-state index is 5.75. The molecule has 1 saturated heterocycles. The molecule has 2 fully saturated rings. The van der Waals surface area contributed by atoms with E-state index in [4.69, 9.17) is 5.73 Å². The molecule has 1 aliphatic heterocycles. The summed E-state index contributed by atoms with van der Waals surface area (Å²) in [5.74, 6) is 0.901. The van der Waals surface area contributed by atoms with Crippen LogP contribution in [0.4, 0.5) is 0 Å². The summed E-state index contributed by atoms with van der Waals surface area (Å²) in [7, 11) is 4.34. The number of hydrogen-bond donors (Lipinski definition) is 1. The average Bonchev–Trinajstić information content (AvgIpc) is 1.90. The fraction of sp³-hybridized carbons (Fsp3) is 1.00. The number of hydrogen-bond acceptors (Lipinski definition) is 3. The van der Waals surface area contributed by atoms with Crippen molar-refractivity contribution in [2.45, 2.75) is 24.9 Å². The van der Waals surface area contributed by atoms with Crippen LogP contribution in [-0.4, -0.2) is 55.6 Å². The Balaban J connectivity index is 1.59. The molecule has 0 atom stereocenters. The molecule has 1 aliphatic carbocycles. The molecule has 0 aromatic rings. The molecule has 1 heterocycles. The fourth-order valence-electron chi connectivity index (χ4n) is 2.32. The predicted octanol–water partition coefficient (Wildman–Crippen LogP) is -0.0305. The van der Waals surface area contributed by atoms with E-state index in [0.717, 1.165) is 12.0 Å². The van der Waals surface area contributed by atoms with Crippen molar-refractivity contribution in [3.8, 4) is 0 Å². The molecule has 0 spiro atoms. The van der Waals surface area contributed by atoms with Gasteiger partial charge in [-0.3, -0.25) is 4.90 Å². The van der Waals surface area contributed by atoms with Crippen molar-refractivity contribution < 1.29 is 0 Å². The molecule has 0 aromatic heterocycles. The number of likely N-dealkylation sites (N-methyl/N-ethyl adjacent to an activating group) is 1. The normalized spacial score (nSPS) is 36.0. The standard InChI is InChI=1S/C10H21N3/c1-12(2)10-6-13(7-10)5-8-3-9(11)4-8/h8-10H,3-7,11H2,1-2H3. The SMILES string of the molecule is CN(C)C1CN(CC2CC(N)C2)C1. The third kappa shape index (κ3) is 2.03. The van der Waals surface area contributed by atoms with Crippen molar-refractivity contribution in [2.75, 3.05) is 33.7 Å². The second-order valence-electron chi connectivity index (χ2n) is 4.93. The van der Waals surface area contributed by atoms with Crippen LogP contribution in [0.3, 0.4) is 0 Å². The van der Waals surface area contributed by atoms with Gasteiger partial charge in [-0.05, 0) is 32.9 Å². The molecule has 0 amide bonds. The summed E-state index contributed by atoms with van der Waals surface area (Å²) in [4.78, 5) is 4.88. The van der Waals surface area contributed by atoms with Gasteiger partial charge in [0.1, 0.15) is 0 Å². The van der Waals surface area contributed by atoms with Crippen LogP contribution in [0.15, 0.2) is 0 Å². The van der Waals surface area contributed by atoms with Gasteiger partial charge in [0.25, 0.3) is 0 Å². The lowest BCUT2D eigenvalue weighted by Crippen LogP contribution is -2.59. The van der Waals surface area contributed by atoms with E-state index in [0.29, 0.717) is 6.04 Å². The van der Waals surface area contributed by atoms with Crippen molar-refractivity contribution in [1.29, 1.82) is 0 Å². The minimum Gasteiger partial charge on any atom is -0.328 e. The van der Waals surface area contributed by atoms with Crippen LogP contribution >= 0.6 is 0 Å². The highest BCUT2D eigenvalue weighted by Gasteiger charge is 2.33. The molecule has 2 aliphatic rings. The lowest BCUT2D eigenvalue weighted by Gasteiger charge is -2.46. The summed E-state index contributed by atoms with van der Waals surface area (Å²) < 4.78 is 0. The maximum Gasteiger partial charge on any atom is 0.0344 e. The zero-order valence-electron chi connectivity index (χ0n) is 8.74. The van der Waals surface area contributed by atoms with Crippen molar-refractivity contribution >= 4 is 0 Å². The van der Waals surface area contributed by atoms with Gasteiger partial charge in [-0.1, -0.05) is 0 Å². The monoisotopic (exact) mass is 183 g/mol. The van der Waals surface area contributed by atoms with E-state index in [9.17, 15) is 0 Å². The smallest absolute Gasteiger partial charge is 0.0344 e. The Labute approximate surface area is 80.9 Å². The molecule has 13 heavy (non-hydrogen) atoms. The molecule has 2 rings (SSSR count). The first kappa shape index (κ1) is 9.44. The van der Waals surface area contributed by atoms with E-state index in [1.54, 1.807) is 0 Å². The summed E-state index contributed by atoms with van der Waals surface area (Å²) in [6.45, 7) is 3.81. The Morgan fingerprint density at radius 3 is 2.38 bits per heavy atom. The molecule has 0 unspecified atom stereocenters. The highest BCUT2D eigenvalue weighted by molar-refractivity contribution is 4.90. The van der Waals surface area contributed by atoms with E-state index >= 15 is 0 Å². The molecular formula is C10H21N3. The molecule has 0 bridgehead atoms. The first-order valence-electron chi connectivity index (χ1n) is 5.29.